The van der Waals surface area contributed by atoms with Gasteiger partial charge < -0.3 is 0 Å². The summed E-state index contributed by atoms with van der Waals surface area (Å²) in [7, 11) is 0.399. The Kier molecular flexibility index (Phi) is 13.3. The van der Waals surface area contributed by atoms with E-state index in [1.807, 2.05) is 0 Å². The minimum Gasteiger partial charge on any atom is -0.105 e. The minimum atomic E-state index is -0.152. The smallest absolute Gasteiger partial charge is 0.105 e. The van der Waals surface area contributed by atoms with Gasteiger partial charge in [0.2, 0.25) is 0 Å². The predicted octanol–water partition coefficient (Wildman–Crippen LogP) is 3.70. The maximum absolute atomic E-state index is 5.65. The summed E-state index contributed by atoms with van der Waals surface area (Å²) >= 11 is 22.6. The average Bonchev–Trinajstić information content (AvgIpc) is 2.14. The first-order valence-corrected chi connectivity index (χ1v) is 11.4. The molecule has 0 radical (unpaired) electrons. The third-order valence-corrected chi connectivity index (χ3v) is 9.22. The molecule has 0 unspecified atom stereocenters. The quantitative estimate of drug-likeness (QED) is 0.326. The van der Waals surface area contributed by atoms with E-state index in [1.165, 1.54) is 24.9 Å². The fourth-order valence-corrected chi connectivity index (χ4v) is 7.63. The molecule has 92 valence electrons. The van der Waals surface area contributed by atoms with E-state index in [2.05, 4.69) is 0 Å². The number of halogens is 4. The van der Waals surface area contributed by atoms with Gasteiger partial charge in [0, 0.05) is 19.0 Å². The lowest BCUT2D eigenvalue weighted by molar-refractivity contribution is 0.850. The molecule has 15 heavy (non-hydrogen) atoms. The Balaban J connectivity index is 2.93. The minimum absolute atomic E-state index is 0.152. The van der Waals surface area contributed by atoms with Crippen LogP contribution in [0.5, 0.6) is 0 Å². The fraction of sp³-hybridized carbons (Fsp3) is 1.00. The topological polar surface area (TPSA) is 0 Å². The van der Waals surface area contributed by atoms with Crippen molar-refractivity contribution in [3.8, 4) is 0 Å². The second-order valence-corrected chi connectivity index (χ2v) is 12.0. The van der Waals surface area contributed by atoms with E-state index in [1.54, 1.807) is 5.67 Å². The molecule has 0 aliphatic carbocycles. The molecule has 0 atom stereocenters. The van der Waals surface area contributed by atoms with Gasteiger partial charge in [0.15, 0.2) is 0 Å². The monoisotopic (exact) mass is 324 g/mol. The SMILES string of the molecule is ClC(Cl)CCC[SiH2]C[SiH2]CCCC(Cl)Cl. The van der Waals surface area contributed by atoms with E-state index < -0.39 is 0 Å². The Morgan fingerprint density at radius 1 is 0.733 bits per heavy atom. The molecule has 0 bridgehead atoms. The third-order valence-electron chi connectivity index (χ3n) is 2.34. The molecule has 0 aliphatic heterocycles. The molecular weight excluding hydrogens is 306 g/mol. The molecule has 0 aromatic heterocycles. The normalized spacial score (nSPS) is 13.2. The van der Waals surface area contributed by atoms with Crippen molar-refractivity contribution in [3.63, 3.8) is 0 Å². The maximum atomic E-state index is 5.65. The van der Waals surface area contributed by atoms with Crippen molar-refractivity contribution in [1.82, 2.24) is 0 Å². The summed E-state index contributed by atoms with van der Waals surface area (Å²) in [5.41, 5.74) is 1.57. The molecule has 0 rings (SSSR count). The zero-order valence-electron chi connectivity index (χ0n) is 9.03. The van der Waals surface area contributed by atoms with Crippen molar-refractivity contribution >= 4 is 65.4 Å². The van der Waals surface area contributed by atoms with Crippen LogP contribution in [0.1, 0.15) is 25.7 Å². The van der Waals surface area contributed by atoms with Crippen LogP contribution in [-0.4, -0.2) is 28.7 Å². The Labute approximate surface area is 118 Å². The molecule has 6 heteroatoms. The van der Waals surface area contributed by atoms with Crippen LogP contribution in [-0.2, 0) is 0 Å². The van der Waals surface area contributed by atoms with Crippen molar-refractivity contribution in [2.24, 2.45) is 0 Å². The molecule has 0 nitrogen and oxygen atoms in total. The molecule has 0 fully saturated rings. The first kappa shape index (κ1) is 16.6. The first-order chi connectivity index (χ1) is 7.13. The number of alkyl halides is 4. The lowest BCUT2D eigenvalue weighted by Gasteiger charge is -2.02. The summed E-state index contributed by atoms with van der Waals surface area (Å²) < 4.78 is 0. The number of hydrogen-bond donors (Lipinski definition) is 0. The molecular formula is C9H20Cl4Si2. The Hall–Kier alpha value is 1.59. The fourth-order valence-electron chi connectivity index (χ4n) is 1.48. The summed E-state index contributed by atoms with van der Waals surface area (Å²) in [6.07, 6.45) is 4.39. The van der Waals surface area contributed by atoms with E-state index in [4.69, 9.17) is 46.4 Å². The van der Waals surface area contributed by atoms with Crippen molar-refractivity contribution in [3.05, 3.63) is 0 Å². The molecule has 0 N–H and O–H groups in total. The Morgan fingerprint density at radius 3 is 1.47 bits per heavy atom. The second kappa shape index (κ2) is 12.1. The van der Waals surface area contributed by atoms with Gasteiger partial charge in [-0.1, -0.05) is 30.6 Å². The highest BCUT2D eigenvalue weighted by atomic mass is 35.5. The van der Waals surface area contributed by atoms with Gasteiger partial charge in [-0.25, -0.2) is 0 Å². The first-order valence-electron chi connectivity index (χ1n) is 5.69. The van der Waals surface area contributed by atoms with Crippen molar-refractivity contribution < 1.29 is 0 Å². The number of rotatable bonds is 10. The Bertz CT molecular complexity index is 119. The maximum Gasteiger partial charge on any atom is 0.107 e. The summed E-state index contributed by atoms with van der Waals surface area (Å²) in [6.45, 7) is 0. The summed E-state index contributed by atoms with van der Waals surface area (Å²) in [4.78, 5) is -0.304. The molecule has 0 amide bonds. The van der Waals surface area contributed by atoms with E-state index in [0.29, 0.717) is 0 Å². The van der Waals surface area contributed by atoms with Gasteiger partial charge >= 0.3 is 0 Å². The molecule has 0 aromatic carbocycles. The van der Waals surface area contributed by atoms with Gasteiger partial charge in [-0.05, 0) is 12.8 Å². The zero-order chi connectivity index (χ0) is 11.5. The van der Waals surface area contributed by atoms with Crippen molar-refractivity contribution in [2.75, 3.05) is 0 Å². The zero-order valence-corrected chi connectivity index (χ0v) is 14.9. The third kappa shape index (κ3) is 15.6. The van der Waals surface area contributed by atoms with Gasteiger partial charge in [0.1, 0.15) is 9.67 Å². The lowest BCUT2D eigenvalue weighted by atomic mass is 10.4. The van der Waals surface area contributed by atoms with Crippen LogP contribution in [0.3, 0.4) is 0 Å². The molecule has 0 spiro atoms. The second-order valence-electron chi connectivity index (χ2n) is 3.83. The summed E-state index contributed by atoms with van der Waals surface area (Å²) in [5.74, 6) is 0. The average molecular weight is 326 g/mol. The standard InChI is InChI=1S/C9H20Cl4Si2/c10-8(11)3-1-5-14-7-15-6-2-4-9(12)13/h8-9H,1-7,14-15H2. The van der Waals surface area contributed by atoms with Crippen LogP contribution in [0.15, 0.2) is 0 Å². The highest BCUT2D eigenvalue weighted by Gasteiger charge is 2.00. The van der Waals surface area contributed by atoms with E-state index in [-0.39, 0.29) is 28.7 Å². The predicted molar refractivity (Wildman–Crippen MR) is 81.0 cm³/mol. The molecule has 0 aliphatic rings. The van der Waals surface area contributed by atoms with Crippen molar-refractivity contribution in [2.45, 2.75) is 53.1 Å². The number of hydrogen-bond acceptors (Lipinski definition) is 0. The Morgan fingerprint density at radius 2 is 1.13 bits per heavy atom. The molecule has 0 saturated carbocycles. The molecule has 0 aromatic rings. The van der Waals surface area contributed by atoms with Gasteiger partial charge in [-0.3, -0.25) is 0 Å². The lowest BCUT2D eigenvalue weighted by Crippen LogP contribution is -1.99. The van der Waals surface area contributed by atoms with E-state index in [9.17, 15) is 0 Å². The highest BCUT2D eigenvalue weighted by Crippen LogP contribution is 2.13. The highest BCUT2D eigenvalue weighted by molar-refractivity contribution is 6.55. The van der Waals surface area contributed by atoms with Crippen LogP contribution in [0.4, 0.5) is 0 Å². The molecule has 0 saturated heterocycles. The van der Waals surface area contributed by atoms with Gasteiger partial charge in [-0.15, -0.1) is 46.4 Å². The van der Waals surface area contributed by atoms with Gasteiger partial charge in [0.25, 0.3) is 0 Å². The van der Waals surface area contributed by atoms with E-state index in [0.717, 1.165) is 12.8 Å². The van der Waals surface area contributed by atoms with E-state index >= 15 is 0 Å². The van der Waals surface area contributed by atoms with Crippen LogP contribution >= 0.6 is 46.4 Å². The van der Waals surface area contributed by atoms with Gasteiger partial charge in [-0.2, -0.15) is 0 Å². The van der Waals surface area contributed by atoms with Crippen LogP contribution in [0, 0.1) is 0 Å². The molecule has 0 heterocycles. The summed E-state index contributed by atoms with van der Waals surface area (Å²) in [5, 5.41) is 0. The van der Waals surface area contributed by atoms with Crippen LogP contribution in [0.2, 0.25) is 17.8 Å². The van der Waals surface area contributed by atoms with Gasteiger partial charge in [0.05, 0.1) is 0 Å². The van der Waals surface area contributed by atoms with Crippen molar-refractivity contribution in [1.29, 1.82) is 0 Å². The van der Waals surface area contributed by atoms with Crippen LogP contribution < -0.4 is 0 Å². The largest absolute Gasteiger partial charge is 0.107 e. The van der Waals surface area contributed by atoms with Crippen LogP contribution in [0.25, 0.3) is 0 Å². The summed E-state index contributed by atoms with van der Waals surface area (Å²) in [6, 6.07) is 2.83.